The van der Waals surface area contributed by atoms with Gasteiger partial charge in [-0.15, -0.1) is 0 Å². The van der Waals surface area contributed by atoms with Crippen LogP contribution in [0.3, 0.4) is 0 Å². The lowest BCUT2D eigenvalue weighted by molar-refractivity contribution is 0.313. The van der Waals surface area contributed by atoms with E-state index in [1.165, 1.54) is 25.1 Å². The maximum Gasteiger partial charge on any atom is 0.161 e. The number of rotatable bonds is 6. The summed E-state index contributed by atoms with van der Waals surface area (Å²) in [5.74, 6) is 2.39. The Morgan fingerprint density at radius 3 is 2.74 bits per heavy atom. The van der Waals surface area contributed by atoms with Gasteiger partial charge in [0.2, 0.25) is 0 Å². The van der Waals surface area contributed by atoms with Crippen molar-refractivity contribution in [1.29, 1.82) is 0 Å². The molecule has 1 fully saturated rings. The number of hydrogen-bond donors (Lipinski definition) is 1. The zero-order valence-corrected chi connectivity index (χ0v) is 12.1. The molecule has 0 saturated carbocycles. The molecule has 19 heavy (non-hydrogen) atoms. The molecular formula is C15H24N2O2. The van der Waals surface area contributed by atoms with Crippen molar-refractivity contribution < 1.29 is 9.47 Å². The van der Waals surface area contributed by atoms with Crippen LogP contribution in [0.15, 0.2) is 18.2 Å². The maximum atomic E-state index is 5.35. The summed E-state index contributed by atoms with van der Waals surface area (Å²) in [7, 11) is 5.37. The van der Waals surface area contributed by atoms with Crippen LogP contribution in [-0.4, -0.2) is 45.8 Å². The molecule has 2 rings (SSSR count). The predicted molar refractivity (Wildman–Crippen MR) is 76.9 cm³/mol. The normalized spacial score (nSPS) is 19.6. The molecule has 4 heteroatoms. The summed E-state index contributed by atoms with van der Waals surface area (Å²) >= 11 is 0. The van der Waals surface area contributed by atoms with Crippen LogP contribution in [-0.2, 0) is 6.54 Å². The summed E-state index contributed by atoms with van der Waals surface area (Å²) in [6.45, 7) is 4.46. The number of likely N-dealkylation sites (tertiary alicyclic amines) is 1. The third kappa shape index (κ3) is 3.61. The van der Waals surface area contributed by atoms with E-state index in [0.717, 1.165) is 30.5 Å². The molecule has 106 valence electrons. The number of nitrogens with one attached hydrogen (secondary N) is 1. The minimum atomic E-state index is 0.783. The quantitative estimate of drug-likeness (QED) is 0.848. The van der Waals surface area contributed by atoms with Gasteiger partial charge in [-0.05, 0) is 50.2 Å². The smallest absolute Gasteiger partial charge is 0.161 e. The molecule has 1 aliphatic heterocycles. The Balaban J connectivity index is 1.96. The first-order valence-corrected chi connectivity index (χ1v) is 6.84. The van der Waals surface area contributed by atoms with Crippen molar-refractivity contribution in [2.45, 2.75) is 13.0 Å². The predicted octanol–water partition coefficient (Wildman–Crippen LogP) is 1.75. The first-order chi connectivity index (χ1) is 9.26. The van der Waals surface area contributed by atoms with Crippen molar-refractivity contribution in [2.75, 3.05) is 40.9 Å². The molecular weight excluding hydrogens is 240 g/mol. The van der Waals surface area contributed by atoms with Gasteiger partial charge in [-0.3, -0.25) is 4.90 Å². The van der Waals surface area contributed by atoms with Crippen LogP contribution in [0.5, 0.6) is 11.5 Å². The van der Waals surface area contributed by atoms with Crippen LogP contribution >= 0.6 is 0 Å². The fourth-order valence-corrected chi connectivity index (χ4v) is 2.75. The van der Waals surface area contributed by atoms with Gasteiger partial charge in [0, 0.05) is 13.1 Å². The highest BCUT2D eigenvalue weighted by Gasteiger charge is 2.21. The number of benzene rings is 1. The molecule has 1 N–H and O–H groups in total. The van der Waals surface area contributed by atoms with Crippen LogP contribution in [0.4, 0.5) is 0 Å². The van der Waals surface area contributed by atoms with Gasteiger partial charge in [0.15, 0.2) is 11.5 Å². The Labute approximate surface area is 115 Å². The van der Waals surface area contributed by atoms with Crippen molar-refractivity contribution >= 4 is 0 Å². The topological polar surface area (TPSA) is 33.7 Å². The van der Waals surface area contributed by atoms with Gasteiger partial charge in [0.25, 0.3) is 0 Å². The Bertz CT molecular complexity index is 409. The lowest BCUT2D eigenvalue weighted by atomic mass is 10.1. The van der Waals surface area contributed by atoms with E-state index in [2.05, 4.69) is 22.3 Å². The van der Waals surface area contributed by atoms with Crippen LogP contribution in [0, 0.1) is 5.92 Å². The molecule has 0 bridgehead atoms. The van der Waals surface area contributed by atoms with E-state index in [1.807, 2.05) is 13.1 Å². The molecule has 1 aromatic rings. The Morgan fingerprint density at radius 1 is 1.26 bits per heavy atom. The lowest BCUT2D eigenvalue weighted by Crippen LogP contribution is -2.24. The first kappa shape index (κ1) is 14.2. The van der Waals surface area contributed by atoms with Crippen LogP contribution in [0.1, 0.15) is 12.0 Å². The first-order valence-electron chi connectivity index (χ1n) is 6.84. The van der Waals surface area contributed by atoms with Gasteiger partial charge in [0.1, 0.15) is 0 Å². The standard InChI is InChI=1S/C15H24N2O2/c1-16-9-13-6-7-17(11-13)10-12-4-5-14(18-2)15(8-12)19-3/h4-5,8,13,16H,6-7,9-11H2,1-3H3. The Kier molecular flexibility index (Phi) is 5.05. The van der Waals surface area contributed by atoms with Gasteiger partial charge in [-0.2, -0.15) is 0 Å². The fourth-order valence-electron chi connectivity index (χ4n) is 2.75. The second kappa shape index (κ2) is 6.78. The van der Waals surface area contributed by atoms with Gasteiger partial charge >= 0.3 is 0 Å². The number of ether oxygens (including phenoxy) is 2. The van der Waals surface area contributed by atoms with E-state index in [0.29, 0.717) is 0 Å². The summed E-state index contributed by atoms with van der Waals surface area (Å²) in [5.41, 5.74) is 1.28. The number of nitrogens with zero attached hydrogens (tertiary/aromatic N) is 1. The van der Waals surface area contributed by atoms with Crippen molar-refractivity contribution in [2.24, 2.45) is 5.92 Å². The number of hydrogen-bond acceptors (Lipinski definition) is 4. The maximum absolute atomic E-state index is 5.35. The van der Waals surface area contributed by atoms with E-state index in [9.17, 15) is 0 Å². The summed E-state index contributed by atoms with van der Waals surface area (Å²) in [5, 5.41) is 3.26. The Morgan fingerprint density at radius 2 is 2.05 bits per heavy atom. The van der Waals surface area contributed by atoms with Gasteiger partial charge in [-0.1, -0.05) is 6.07 Å². The second-order valence-electron chi connectivity index (χ2n) is 5.14. The molecule has 1 aliphatic rings. The van der Waals surface area contributed by atoms with E-state index in [4.69, 9.17) is 9.47 Å². The SMILES string of the molecule is CNCC1CCN(Cc2ccc(OC)c(OC)c2)C1. The molecule has 0 spiro atoms. The molecule has 1 aromatic carbocycles. The molecule has 1 atom stereocenters. The average Bonchev–Trinajstić information content (AvgIpc) is 2.86. The zero-order valence-electron chi connectivity index (χ0n) is 12.1. The summed E-state index contributed by atoms with van der Waals surface area (Å²) < 4.78 is 10.6. The molecule has 1 unspecified atom stereocenters. The molecule has 0 radical (unpaired) electrons. The molecule has 4 nitrogen and oxygen atoms in total. The second-order valence-corrected chi connectivity index (χ2v) is 5.14. The average molecular weight is 264 g/mol. The van der Waals surface area contributed by atoms with Crippen molar-refractivity contribution in [3.05, 3.63) is 23.8 Å². The largest absolute Gasteiger partial charge is 0.493 e. The van der Waals surface area contributed by atoms with Crippen molar-refractivity contribution in [3.63, 3.8) is 0 Å². The van der Waals surface area contributed by atoms with Gasteiger partial charge in [0.05, 0.1) is 14.2 Å². The van der Waals surface area contributed by atoms with Crippen LogP contribution in [0.25, 0.3) is 0 Å². The van der Waals surface area contributed by atoms with E-state index >= 15 is 0 Å². The third-order valence-corrected chi connectivity index (χ3v) is 3.72. The highest BCUT2D eigenvalue weighted by atomic mass is 16.5. The molecule has 0 amide bonds. The molecule has 0 aliphatic carbocycles. The number of methoxy groups -OCH3 is 2. The molecule has 1 heterocycles. The molecule has 0 aromatic heterocycles. The van der Waals surface area contributed by atoms with Crippen LogP contribution in [0.2, 0.25) is 0 Å². The minimum absolute atomic E-state index is 0.783. The van der Waals surface area contributed by atoms with E-state index in [1.54, 1.807) is 14.2 Å². The zero-order chi connectivity index (χ0) is 13.7. The summed E-state index contributed by atoms with van der Waals surface area (Å²) in [4.78, 5) is 2.50. The minimum Gasteiger partial charge on any atom is -0.493 e. The summed E-state index contributed by atoms with van der Waals surface area (Å²) in [6, 6.07) is 6.17. The monoisotopic (exact) mass is 264 g/mol. The highest BCUT2D eigenvalue weighted by molar-refractivity contribution is 5.42. The summed E-state index contributed by atoms with van der Waals surface area (Å²) in [6.07, 6.45) is 1.29. The highest BCUT2D eigenvalue weighted by Crippen LogP contribution is 2.28. The molecule has 1 saturated heterocycles. The van der Waals surface area contributed by atoms with E-state index in [-0.39, 0.29) is 0 Å². The lowest BCUT2D eigenvalue weighted by Gasteiger charge is -2.17. The van der Waals surface area contributed by atoms with Crippen molar-refractivity contribution in [1.82, 2.24) is 10.2 Å². The fraction of sp³-hybridized carbons (Fsp3) is 0.600. The Hall–Kier alpha value is -1.26. The van der Waals surface area contributed by atoms with Crippen LogP contribution < -0.4 is 14.8 Å². The third-order valence-electron chi connectivity index (χ3n) is 3.72. The van der Waals surface area contributed by atoms with Crippen molar-refractivity contribution in [3.8, 4) is 11.5 Å². The van der Waals surface area contributed by atoms with E-state index < -0.39 is 0 Å². The van der Waals surface area contributed by atoms with Gasteiger partial charge in [-0.25, -0.2) is 0 Å². The van der Waals surface area contributed by atoms with Gasteiger partial charge < -0.3 is 14.8 Å².